The SMILES string of the molecule is CC(=O)OC[C@@H](OC(C)=O)[C@@H]1OC(c2ccccc2)O[C@H]([C@@H](COC(C)=O)OC(C)=O)C1OC(C)=O. The lowest BCUT2D eigenvalue weighted by Gasteiger charge is -2.45. The predicted molar refractivity (Wildman–Crippen MR) is 119 cm³/mol. The molecule has 12 heteroatoms. The van der Waals surface area contributed by atoms with Crippen molar-refractivity contribution in [2.75, 3.05) is 13.2 Å². The first-order valence-electron chi connectivity index (χ1n) is 11.1. The van der Waals surface area contributed by atoms with Gasteiger partial charge in [0.2, 0.25) is 0 Å². The molecule has 12 nitrogen and oxygen atoms in total. The van der Waals surface area contributed by atoms with Gasteiger partial charge in [-0.15, -0.1) is 0 Å². The van der Waals surface area contributed by atoms with Crippen LogP contribution in [0.25, 0.3) is 0 Å². The Morgan fingerprint density at radius 3 is 1.50 bits per heavy atom. The smallest absolute Gasteiger partial charge is 0.303 e. The maximum Gasteiger partial charge on any atom is 0.303 e. The van der Waals surface area contributed by atoms with E-state index in [0.29, 0.717) is 5.56 Å². The minimum absolute atomic E-state index is 0.423. The molecule has 36 heavy (non-hydrogen) atoms. The number of hydrogen-bond donors (Lipinski definition) is 0. The quantitative estimate of drug-likeness (QED) is 0.330. The molecule has 1 heterocycles. The lowest BCUT2D eigenvalue weighted by Crippen LogP contribution is -2.60. The molecule has 0 saturated carbocycles. The summed E-state index contributed by atoms with van der Waals surface area (Å²) in [6.07, 6.45) is -7.39. The molecule has 0 aliphatic carbocycles. The van der Waals surface area contributed by atoms with Crippen molar-refractivity contribution in [3.63, 3.8) is 0 Å². The average molecular weight is 510 g/mol. The van der Waals surface area contributed by atoms with E-state index in [4.69, 9.17) is 33.2 Å². The summed E-state index contributed by atoms with van der Waals surface area (Å²) in [4.78, 5) is 58.8. The molecule has 2 rings (SSSR count). The largest absolute Gasteiger partial charge is 0.462 e. The number of carbonyl (C=O) groups excluding carboxylic acids is 5. The van der Waals surface area contributed by atoms with Crippen molar-refractivity contribution in [2.45, 2.75) is 71.4 Å². The maximum atomic E-state index is 12.1. The van der Waals surface area contributed by atoms with Gasteiger partial charge in [-0.3, -0.25) is 24.0 Å². The predicted octanol–water partition coefficient (Wildman–Crippen LogP) is 1.39. The maximum absolute atomic E-state index is 12.1. The summed E-state index contributed by atoms with van der Waals surface area (Å²) in [6.45, 7) is 4.93. The Hall–Kier alpha value is -3.51. The van der Waals surface area contributed by atoms with E-state index in [0.717, 1.165) is 20.8 Å². The van der Waals surface area contributed by atoms with E-state index in [-0.39, 0.29) is 0 Å². The van der Waals surface area contributed by atoms with Crippen molar-refractivity contribution in [3.8, 4) is 0 Å². The van der Waals surface area contributed by atoms with Gasteiger partial charge in [0.25, 0.3) is 0 Å². The van der Waals surface area contributed by atoms with Crippen LogP contribution in [0.1, 0.15) is 46.5 Å². The molecule has 0 spiro atoms. The molecule has 1 saturated heterocycles. The van der Waals surface area contributed by atoms with E-state index in [1.165, 1.54) is 13.8 Å². The van der Waals surface area contributed by atoms with Crippen LogP contribution in [0.15, 0.2) is 30.3 Å². The Morgan fingerprint density at radius 2 is 1.14 bits per heavy atom. The summed E-state index contributed by atoms with van der Waals surface area (Å²) in [5, 5.41) is 0. The zero-order valence-corrected chi connectivity index (χ0v) is 20.7. The van der Waals surface area contributed by atoms with Crippen molar-refractivity contribution >= 4 is 29.8 Å². The van der Waals surface area contributed by atoms with Crippen LogP contribution < -0.4 is 0 Å². The second kappa shape index (κ2) is 13.5. The normalized spacial score (nSPS) is 22.9. The van der Waals surface area contributed by atoms with E-state index in [1.54, 1.807) is 30.3 Å². The minimum atomic E-state index is -1.33. The van der Waals surface area contributed by atoms with E-state index >= 15 is 0 Å². The molecule has 0 bridgehead atoms. The lowest BCUT2D eigenvalue weighted by molar-refractivity contribution is -0.325. The molecule has 1 aromatic carbocycles. The number of rotatable bonds is 10. The Bertz CT molecular complexity index is 882. The summed E-state index contributed by atoms with van der Waals surface area (Å²) in [6, 6.07) is 8.63. The Labute approximate surface area is 208 Å². The van der Waals surface area contributed by atoms with Gasteiger partial charge in [-0.05, 0) is 0 Å². The molecule has 6 atom stereocenters. The molecule has 0 N–H and O–H groups in total. The molecule has 1 aromatic rings. The van der Waals surface area contributed by atoms with Crippen LogP contribution in [0.4, 0.5) is 0 Å². The number of carbonyl (C=O) groups is 5. The second-order valence-electron chi connectivity index (χ2n) is 7.92. The highest BCUT2D eigenvalue weighted by Gasteiger charge is 2.51. The van der Waals surface area contributed by atoms with Gasteiger partial charge in [-0.25, -0.2) is 0 Å². The summed E-state index contributed by atoms with van der Waals surface area (Å²) in [5.41, 5.74) is 0.539. The van der Waals surface area contributed by atoms with Crippen LogP contribution >= 0.6 is 0 Å². The van der Waals surface area contributed by atoms with Crippen LogP contribution in [-0.4, -0.2) is 73.6 Å². The van der Waals surface area contributed by atoms with Gasteiger partial charge in [-0.1, -0.05) is 30.3 Å². The van der Waals surface area contributed by atoms with Gasteiger partial charge in [0.1, 0.15) is 25.4 Å². The van der Waals surface area contributed by atoms with E-state index in [1.807, 2.05) is 0 Å². The summed E-state index contributed by atoms with van der Waals surface area (Å²) < 4.78 is 38.5. The Morgan fingerprint density at radius 1 is 0.694 bits per heavy atom. The molecule has 198 valence electrons. The minimum Gasteiger partial charge on any atom is -0.462 e. The van der Waals surface area contributed by atoms with E-state index < -0.39 is 79.9 Å². The fraction of sp³-hybridized carbons (Fsp3) is 0.542. The van der Waals surface area contributed by atoms with Gasteiger partial charge in [-0.2, -0.15) is 0 Å². The first kappa shape index (κ1) is 28.7. The number of ether oxygens (including phenoxy) is 7. The molecule has 0 radical (unpaired) electrons. The molecular weight excluding hydrogens is 480 g/mol. The highest BCUT2D eigenvalue weighted by atomic mass is 16.7. The number of hydrogen-bond acceptors (Lipinski definition) is 12. The highest BCUT2D eigenvalue weighted by Crippen LogP contribution is 2.36. The van der Waals surface area contributed by atoms with Gasteiger partial charge in [0.05, 0.1) is 0 Å². The second-order valence-corrected chi connectivity index (χ2v) is 7.92. The third kappa shape index (κ3) is 8.93. The van der Waals surface area contributed by atoms with Gasteiger partial charge in [0, 0.05) is 40.2 Å². The van der Waals surface area contributed by atoms with E-state index in [2.05, 4.69) is 0 Å². The fourth-order valence-electron chi connectivity index (χ4n) is 3.57. The van der Waals surface area contributed by atoms with Crippen LogP contribution in [0.3, 0.4) is 0 Å². The molecule has 1 aliphatic heterocycles. The zero-order chi connectivity index (χ0) is 26.8. The molecular formula is C24H30O12. The Kier molecular flexibility index (Phi) is 10.8. The summed E-state index contributed by atoms with van der Waals surface area (Å²) in [7, 11) is 0. The van der Waals surface area contributed by atoms with Crippen molar-refractivity contribution in [2.24, 2.45) is 0 Å². The van der Waals surface area contributed by atoms with Crippen molar-refractivity contribution in [3.05, 3.63) is 35.9 Å². The summed E-state index contributed by atoms with van der Waals surface area (Å²) in [5.74, 6) is -3.47. The Balaban J connectivity index is 2.57. The van der Waals surface area contributed by atoms with Crippen LogP contribution in [-0.2, 0) is 57.1 Å². The van der Waals surface area contributed by atoms with Crippen molar-refractivity contribution in [1.29, 1.82) is 0 Å². The van der Waals surface area contributed by atoms with Gasteiger partial charge in [0.15, 0.2) is 24.6 Å². The topological polar surface area (TPSA) is 150 Å². The van der Waals surface area contributed by atoms with Gasteiger partial charge < -0.3 is 33.2 Å². The molecule has 1 aliphatic rings. The van der Waals surface area contributed by atoms with Crippen molar-refractivity contribution < 1.29 is 57.1 Å². The van der Waals surface area contributed by atoms with Gasteiger partial charge >= 0.3 is 29.8 Å². The average Bonchev–Trinajstić information content (AvgIpc) is 2.79. The molecule has 1 fully saturated rings. The standard InChI is InChI=1S/C24H30O12/c1-13(25)30-11-19(32-15(3)27)21-23(34-17(5)29)22(20(33-16(4)28)12-31-14(2)26)36-24(35-21)18-9-7-6-8-10-18/h6-10,19-24H,11-12H2,1-5H3/t19-,20-,21-,22+,23?,24?/m1/s1. The molecule has 0 amide bonds. The summed E-state index contributed by atoms with van der Waals surface area (Å²) >= 11 is 0. The monoisotopic (exact) mass is 510 g/mol. The highest BCUT2D eigenvalue weighted by molar-refractivity contribution is 5.68. The molecule has 2 unspecified atom stereocenters. The lowest BCUT2D eigenvalue weighted by atomic mass is 9.96. The van der Waals surface area contributed by atoms with Crippen LogP contribution in [0.2, 0.25) is 0 Å². The van der Waals surface area contributed by atoms with Crippen molar-refractivity contribution in [1.82, 2.24) is 0 Å². The zero-order valence-electron chi connectivity index (χ0n) is 20.7. The van der Waals surface area contributed by atoms with Crippen LogP contribution in [0, 0.1) is 0 Å². The first-order valence-corrected chi connectivity index (χ1v) is 11.1. The van der Waals surface area contributed by atoms with Crippen LogP contribution in [0.5, 0.6) is 0 Å². The fourth-order valence-corrected chi connectivity index (χ4v) is 3.57. The number of benzene rings is 1. The third-order valence-electron chi connectivity index (χ3n) is 4.85. The third-order valence-corrected chi connectivity index (χ3v) is 4.85. The molecule has 0 aromatic heterocycles. The number of esters is 5. The first-order chi connectivity index (χ1) is 17.0. The van der Waals surface area contributed by atoms with E-state index in [9.17, 15) is 24.0 Å².